The van der Waals surface area contributed by atoms with Gasteiger partial charge < -0.3 is 10.5 Å². The van der Waals surface area contributed by atoms with Crippen LogP contribution in [0, 0.1) is 0 Å². The summed E-state index contributed by atoms with van der Waals surface area (Å²) in [6.45, 7) is 0. The maximum Gasteiger partial charge on any atom is 0.279 e. The summed E-state index contributed by atoms with van der Waals surface area (Å²) < 4.78 is 7.61. The van der Waals surface area contributed by atoms with E-state index in [1.807, 2.05) is 54.6 Å². The number of benzene rings is 2. The molecule has 1 fully saturated rings. The third kappa shape index (κ3) is 3.28. The van der Waals surface area contributed by atoms with Crippen molar-refractivity contribution in [2.45, 2.75) is 31.7 Å². The van der Waals surface area contributed by atoms with Crippen LogP contribution in [-0.4, -0.2) is 19.5 Å². The Labute approximate surface area is 173 Å². The van der Waals surface area contributed by atoms with E-state index >= 15 is 0 Å². The van der Waals surface area contributed by atoms with Crippen LogP contribution in [0.5, 0.6) is 11.5 Å². The number of nitrogen functional groups attached to an aromatic ring is 1. The first kappa shape index (κ1) is 18.3. The standard InChI is InChI=1S/C23H21N5O2/c24-21-20-22(26-14-25-21)28(16-6-4-5-7-16)23(29)19(27-20)15-10-12-18(13-11-15)30-17-8-2-1-3-9-17/h1-3,8-14,16H,4-7H2,(H2,24,25,26). The molecule has 0 saturated heterocycles. The second kappa shape index (κ2) is 7.59. The highest BCUT2D eigenvalue weighted by Gasteiger charge is 2.24. The fourth-order valence-electron chi connectivity index (χ4n) is 4.03. The lowest BCUT2D eigenvalue weighted by Gasteiger charge is -2.17. The minimum absolute atomic E-state index is 0.108. The van der Waals surface area contributed by atoms with Gasteiger partial charge in [0.25, 0.3) is 5.56 Å². The summed E-state index contributed by atoms with van der Waals surface area (Å²) in [6, 6.07) is 17.0. The van der Waals surface area contributed by atoms with E-state index < -0.39 is 0 Å². The number of aromatic nitrogens is 4. The molecule has 5 rings (SSSR count). The summed E-state index contributed by atoms with van der Waals surface area (Å²) in [5.41, 5.74) is 7.96. The molecular weight excluding hydrogens is 378 g/mol. The maximum atomic E-state index is 13.4. The molecular formula is C23H21N5O2. The molecule has 0 amide bonds. The zero-order valence-corrected chi connectivity index (χ0v) is 16.4. The smallest absolute Gasteiger partial charge is 0.279 e. The first-order valence-electron chi connectivity index (χ1n) is 10.1. The van der Waals surface area contributed by atoms with E-state index in [0.29, 0.717) is 28.2 Å². The fraction of sp³-hybridized carbons (Fsp3) is 0.217. The number of nitrogens with two attached hydrogens (primary N) is 1. The van der Waals surface area contributed by atoms with Crippen molar-refractivity contribution in [2.75, 3.05) is 5.73 Å². The van der Waals surface area contributed by atoms with E-state index in [1.165, 1.54) is 6.33 Å². The number of nitrogens with zero attached hydrogens (tertiary/aromatic N) is 4. The first-order valence-corrected chi connectivity index (χ1v) is 10.1. The molecule has 2 aromatic carbocycles. The molecule has 1 saturated carbocycles. The SMILES string of the molecule is Nc1ncnc2c1nc(-c1ccc(Oc3ccccc3)cc1)c(=O)n2C1CCCC1. The quantitative estimate of drug-likeness (QED) is 0.548. The van der Waals surface area contributed by atoms with Gasteiger partial charge in [-0.15, -0.1) is 0 Å². The number of fused-ring (bicyclic) bond motifs is 1. The summed E-state index contributed by atoms with van der Waals surface area (Å²) >= 11 is 0. The Morgan fingerprint density at radius 1 is 0.933 bits per heavy atom. The van der Waals surface area contributed by atoms with Crippen LogP contribution in [0.4, 0.5) is 5.82 Å². The summed E-state index contributed by atoms with van der Waals surface area (Å²) in [5.74, 6) is 1.71. The third-order valence-electron chi connectivity index (χ3n) is 5.50. The Balaban J connectivity index is 1.59. The highest BCUT2D eigenvalue weighted by atomic mass is 16.5. The van der Waals surface area contributed by atoms with Gasteiger partial charge in [0.1, 0.15) is 29.0 Å². The van der Waals surface area contributed by atoms with E-state index in [1.54, 1.807) is 4.57 Å². The van der Waals surface area contributed by atoms with Crippen LogP contribution in [-0.2, 0) is 0 Å². The van der Waals surface area contributed by atoms with Gasteiger partial charge in [-0.1, -0.05) is 31.0 Å². The topological polar surface area (TPSA) is 95.9 Å². The number of ether oxygens (including phenoxy) is 1. The molecule has 2 aromatic heterocycles. The van der Waals surface area contributed by atoms with Crippen LogP contribution in [0.1, 0.15) is 31.7 Å². The average molecular weight is 399 g/mol. The highest BCUT2D eigenvalue weighted by molar-refractivity contribution is 5.83. The predicted octanol–water partition coefficient (Wildman–Crippen LogP) is 4.34. The van der Waals surface area contributed by atoms with E-state index in [2.05, 4.69) is 15.0 Å². The minimum Gasteiger partial charge on any atom is -0.457 e. The predicted molar refractivity (Wildman–Crippen MR) is 115 cm³/mol. The summed E-state index contributed by atoms with van der Waals surface area (Å²) in [7, 11) is 0. The van der Waals surface area contributed by atoms with Gasteiger partial charge >= 0.3 is 0 Å². The number of para-hydroxylation sites is 1. The van der Waals surface area contributed by atoms with Crippen LogP contribution in [0.25, 0.3) is 22.4 Å². The van der Waals surface area contributed by atoms with Crippen LogP contribution < -0.4 is 16.0 Å². The fourth-order valence-corrected chi connectivity index (χ4v) is 4.03. The second-order valence-electron chi connectivity index (χ2n) is 7.44. The molecule has 7 nitrogen and oxygen atoms in total. The van der Waals surface area contributed by atoms with Gasteiger partial charge in [0.2, 0.25) is 0 Å². The number of hydrogen-bond donors (Lipinski definition) is 1. The Morgan fingerprint density at radius 3 is 2.37 bits per heavy atom. The van der Waals surface area contributed by atoms with Crippen molar-refractivity contribution in [1.82, 2.24) is 19.5 Å². The molecule has 150 valence electrons. The van der Waals surface area contributed by atoms with Crippen molar-refractivity contribution in [3.63, 3.8) is 0 Å². The normalized spacial score (nSPS) is 14.3. The molecule has 1 aliphatic rings. The summed E-state index contributed by atoms with van der Waals surface area (Å²) in [6.07, 6.45) is 5.49. The van der Waals surface area contributed by atoms with E-state index in [0.717, 1.165) is 31.4 Å². The van der Waals surface area contributed by atoms with Crippen LogP contribution in [0.2, 0.25) is 0 Å². The lowest BCUT2D eigenvalue weighted by molar-refractivity contribution is 0.483. The molecule has 2 heterocycles. The van der Waals surface area contributed by atoms with Crippen molar-refractivity contribution < 1.29 is 4.74 Å². The van der Waals surface area contributed by atoms with Gasteiger partial charge in [-0.2, -0.15) is 0 Å². The molecule has 1 aliphatic carbocycles. The van der Waals surface area contributed by atoms with Crippen molar-refractivity contribution in [2.24, 2.45) is 0 Å². The third-order valence-corrected chi connectivity index (χ3v) is 5.50. The number of anilines is 1. The molecule has 0 atom stereocenters. The zero-order valence-electron chi connectivity index (χ0n) is 16.4. The molecule has 30 heavy (non-hydrogen) atoms. The largest absolute Gasteiger partial charge is 0.457 e. The molecule has 7 heteroatoms. The van der Waals surface area contributed by atoms with Crippen LogP contribution in [0.3, 0.4) is 0 Å². The number of rotatable bonds is 4. The summed E-state index contributed by atoms with van der Waals surface area (Å²) in [5, 5.41) is 0. The molecule has 0 spiro atoms. The van der Waals surface area contributed by atoms with Crippen molar-refractivity contribution in [1.29, 1.82) is 0 Å². The van der Waals surface area contributed by atoms with E-state index in [-0.39, 0.29) is 17.4 Å². The Kier molecular flexibility index (Phi) is 4.63. The van der Waals surface area contributed by atoms with Crippen molar-refractivity contribution in [3.8, 4) is 22.8 Å². The molecule has 2 N–H and O–H groups in total. The van der Waals surface area contributed by atoms with Gasteiger partial charge in [-0.3, -0.25) is 9.36 Å². The van der Waals surface area contributed by atoms with Gasteiger partial charge in [0.05, 0.1) is 0 Å². The van der Waals surface area contributed by atoms with Crippen LogP contribution >= 0.6 is 0 Å². The molecule has 0 unspecified atom stereocenters. The Hall–Kier alpha value is -3.74. The van der Waals surface area contributed by atoms with Crippen LogP contribution in [0.15, 0.2) is 65.7 Å². The lowest BCUT2D eigenvalue weighted by atomic mass is 10.1. The minimum atomic E-state index is -0.149. The molecule has 4 aromatic rings. The Bertz CT molecular complexity index is 1250. The molecule has 0 aliphatic heterocycles. The molecule has 0 radical (unpaired) electrons. The maximum absolute atomic E-state index is 13.4. The van der Waals surface area contributed by atoms with Gasteiger partial charge in [-0.05, 0) is 49.2 Å². The zero-order chi connectivity index (χ0) is 20.5. The van der Waals surface area contributed by atoms with E-state index in [9.17, 15) is 4.79 Å². The average Bonchev–Trinajstić information content (AvgIpc) is 3.29. The van der Waals surface area contributed by atoms with Crippen molar-refractivity contribution >= 4 is 17.0 Å². The van der Waals surface area contributed by atoms with Gasteiger partial charge in [0.15, 0.2) is 11.5 Å². The number of hydrogen-bond acceptors (Lipinski definition) is 6. The second-order valence-corrected chi connectivity index (χ2v) is 7.44. The Morgan fingerprint density at radius 2 is 1.63 bits per heavy atom. The molecule has 0 bridgehead atoms. The first-order chi connectivity index (χ1) is 14.7. The highest BCUT2D eigenvalue weighted by Crippen LogP contribution is 2.32. The van der Waals surface area contributed by atoms with Crippen molar-refractivity contribution in [3.05, 3.63) is 71.3 Å². The monoisotopic (exact) mass is 399 g/mol. The summed E-state index contributed by atoms with van der Waals surface area (Å²) in [4.78, 5) is 26.4. The van der Waals surface area contributed by atoms with Gasteiger partial charge in [0, 0.05) is 11.6 Å². The van der Waals surface area contributed by atoms with Gasteiger partial charge in [-0.25, -0.2) is 15.0 Å². The lowest BCUT2D eigenvalue weighted by Crippen LogP contribution is -2.27. The van der Waals surface area contributed by atoms with E-state index in [4.69, 9.17) is 10.5 Å².